The maximum absolute atomic E-state index is 9.18. The molecule has 0 heterocycles. The van der Waals surface area contributed by atoms with Gasteiger partial charge < -0.3 is 10.2 Å². The second-order valence-corrected chi connectivity index (χ2v) is 2.92. The maximum Gasteiger partial charge on any atom is 0.145 e. The fraction of sp³-hybridized carbons (Fsp3) is 0.556. The van der Waals surface area contributed by atoms with Crippen LogP contribution in [0.4, 0.5) is 0 Å². The summed E-state index contributed by atoms with van der Waals surface area (Å²) in [5.74, 6) is 5.17. The summed E-state index contributed by atoms with van der Waals surface area (Å²) in [6.45, 7) is 4.97. The van der Waals surface area contributed by atoms with Crippen LogP contribution in [0.25, 0.3) is 0 Å². The fourth-order valence-corrected chi connectivity index (χ4v) is 0.375. The molecule has 0 aliphatic carbocycles. The van der Waals surface area contributed by atoms with E-state index >= 15 is 0 Å². The molecule has 0 aromatic heterocycles. The Morgan fingerprint density at radius 2 is 2.09 bits per heavy atom. The predicted molar refractivity (Wildman–Crippen MR) is 44.9 cm³/mol. The zero-order chi connectivity index (χ0) is 8.91. The number of aliphatic hydroxyl groups excluding tert-OH is 1. The Kier molecular flexibility index (Phi) is 3.88. The summed E-state index contributed by atoms with van der Waals surface area (Å²) in [5, 5.41) is 17.8. The van der Waals surface area contributed by atoms with Crippen LogP contribution in [0.5, 0.6) is 0 Å². The summed E-state index contributed by atoms with van der Waals surface area (Å²) in [5.41, 5.74) is -0.197. The van der Waals surface area contributed by atoms with Crippen LogP contribution in [0, 0.1) is 11.8 Å². The monoisotopic (exact) mass is 154 g/mol. The number of aliphatic hydroxyl groups is 2. The van der Waals surface area contributed by atoms with Gasteiger partial charge in [-0.1, -0.05) is 17.4 Å². The first-order valence-corrected chi connectivity index (χ1v) is 3.47. The largest absolute Gasteiger partial charge is 0.392 e. The summed E-state index contributed by atoms with van der Waals surface area (Å²) < 4.78 is 0. The van der Waals surface area contributed by atoms with Crippen molar-refractivity contribution < 1.29 is 10.2 Å². The minimum atomic E-state index is -1.27. The van der Waals surface area contributed by atoms with Crippen molar-refractivity contribution in [2.45, 2.75) is 26.4 Å². The predicted octanol–water partition coefficient (Wildman–Crippen LogP) is 0.699. The molecule has 0 saturated heterocycles. The number of rotatable bonds is 1. The molecule has 0 spiro atoms. The van der Waals surface area contributed by atoms with E-state index in [1.54, 1.807) is 6.08 Å². The van der Waals surface area contributed by atoms with Crippen LogP contribution < -0.4 is 0 Å². The van der Waals surface area contributed by atoms with Gasteiger partial charge in [0.15, 0.2) is 0 Å². The lowest BCUT2D eigenvalue weighted by molar-refractivity contribution is 0.0519. The molecule has 1 unspecified atom stereocenters. The molecule has 0 radical (unpaired) electrons. The zero-order valence-corrected chi connectivity index (χ0v) is 7.18. The number of allylic oxidation sites excluding steroid dienone is 2. The van der Waals surface area contributed by atoms with Crippen LogP contribution in [0.1, 0.15) is 20.8 Å². The molecule has 2 heteroatoms. The lowest BCUT2D eigenvalue weighted by Gasteiger charge is -2.10. The van der Waals surface area contributed by atoms with Crippen molar-refractivity contribution in [2.75, 3.05) is 6.61 Å². The topological polar surface area (TPSA) is 40.5 Å². The molecular formula is C9H14O2. The van der Waals surface area contributed by atoms with Gasteiger partial charge in [-0.25, -0.2) is 0 Å². The molecule has 0 rings (SSSR count). The van der Waals surface area contributed by atoms with Crippen molar-refractivity contribution in [1.29, 1.82) is 0 Å². The van der Waals surface area contributed by atoms with Gasteiger partial charge in [0.25, 0.3) is 0 Å². The SMILES string of the molecule is CC(C)=CC#CC(C)(O)CO. The first kappa shape index (κ1) is 10.2. The van der Waals surface area contributed by atoms with E-state index in [9.17, 15) is 5.11 Å². The molecular weight excluding hydrogens is 140 g/mol. The highest BCUT2D eigenvalue weighted by Crippen LogP contribution is 1.97. The van der Waals surface area contributed by atoms with Crippen molar-refractivity contribution in [3.63, 3.8) is 0 Å². The van der Waals surface area contributed by atoms with Crippen LogP contribution in [0.3, 0.4) is 0 Å². The van der Waals surface area contributed by atoms with Gasteiger partial charge in [-0.15, -0.1) is 0 Å². The van der Waals surface area contributed by atoms with Gasteiger partial charge in [-0.3, -0.25) is 0 Å². The molecule has 2 N–H and O–H groups in total. The van der Waals surface area contributed by atoms with Crippen LogP contribution in [-0.4, -0.2) is 22.4 Å². The van der Waals surface area contributed by atoms with Crippen molar-refractivity contribution in [3.05, 3.63) is 11.6 Å². The Bertz CT molecular complexity index is 199. The lowest BCUT2D eigenvalue weighted by atomic mass is 10.1. The summed E-state index contributed by atoms with van der Waals surface area (Å²) in [4.78, 5) is 0. The van der Waals surface area contributed by atoms with Crippen molar-refractivity contribution in [3.8, 4) is 11.8 Å². The van der Waals surface area contributed by atoms with E-state index in [2.05, 4.69) is 11.8 Å². The highest BCUT2D eigenvalue weighted by molar-refractivity contribution is 5.23. The van der Waals surface area contributed by atoms with E-state index in [0.29, 0.717) is 0 Å². The van der Waals surface area contributed by atoms with Crippen molar-refractivity contribution in [1.82, 2.24) is 0 Å². The van der Waals surface area contributed by atoms with Crippen LogP contribution in [-0.2, 0) is 0 Å². The molecule has 0 aliphatic heterocycles. The molecule has 0 aromatic rings. The molecule has 0 amide bonds. The van der Waals surface area contributed by atoms with Crippen molar-refractivity contribution in [2.24, 2.45) is 0 Å². The minimum absolute atomic E-state index is 0.337. The number of hydrogen-bond donors (Lipinski definition) is 2. The highest BCUT2D eigenvalue weighted by atomic mass is 16.3. The first-order chi connectivity index (χ1) is 4.98. The zero-order valence-electron chi connectivity index (χ0n) is 7.18. The summed E-state index contributed by atoms with van der Waals surface area (Å²) in [6, 6.07) is 0. The quantitative estimate of drug-likeness (QED) is 0.546. The molecule has 0 aliphatic rings. The molecule has 0 fully saturated rings. The molecule has 11 heavy (non-hydrogen) atoms. The van der Waals surface area contributed by atoms with Crippen molar-refractivity contribution >= 4 is 0 Å². The fourth-order valence-electron chi connectivity index (χ4n) is 0.375. The van der Waals surface area contributed by atoms with E-state index in [0.717, 1.165) is 5.57 Å². The first-order valence-electron chi connectivity index (χ1n) is 3.47. The van der Waals surface area contributed by atoms with E-state index in [-0.39, 0.29) is 6.61 Å². The smallest absolute Gasteiger partial charge is 0.145 e. The van der Waals surface area contributed by atoms with E-state index in [1.807, 2.05) is 13.8 Å². The third kappa shape index (κ3) is 5.65. The average molecular weight is 154 g/mol. The lowest BCUT2D eigenvalue weighted by Crippen LogP contribution is -2.26. The third-order valence-corrected chi connectivity index (χ3v) is 1.01. The van der Waals surface area contributed by atoms with Gasteiger partial charge in [-0.2, -0.15) is 0 Å². The van der Waals surface area contributed by atoms with E-state index < -0.39 is 5.60 Å². The Balaban J connectivity index is 4.18. The molecule has 0 bridgehead atoms. The molecule has 1 atom stereocenters. The third-order valence-electron chi connectivity index (χ3n) is 1.01. The average Bonchev–Trinajstić information content (AvgIpc) is 1.87. The molecule has 0 aromatic carbocycles. The van der Waals surface area contributed by atoms with Gasteiger partial charge >= 0.3 is 0 Å². The second-order valence-electron chi connectivity index (χ2n) is 2.92. The maximum atomic E-state index is 9.18. The molecule has 0 saturated carbocycles. The Morgan fingerprint density at radius 1 is 1.55 bits per heavy atom. The van der Waals surface area contributed by atoms with Crippen LogP contribution in [0.15, 0.2) is 11.6 Å². The Labute approximate surface area is 67.6 Å². The molecule has 62 valence electrons. The van der Waals surface area contributed by atoms with Gasteiger partial charge in [0.2, 0.25) is 0 Å². The second kappa shape index (κ2) is 4.17. The van der Waals surface area contributed by atoms with Crippen LogP contribution >= 0.6 is 0 Å². The van der Waals surface area contributed by atoms with E-state index in [1.165, 1.54) is 6.92 Å². The van der Waals surface area contributed by atoms with Gasteiger partial charge in [-0.05, 0) is 26.8 Å². The Hall–Kier alpha value is -0.780. The van der Waals surface area contributed by atoms with Crippen LogP contribution in [0.2, 0.25) is 0 Å². The number of hydrogen-bond acceptors (Lipinski definition) is 2. The highest BCUT2D eigenvalue weighted by Gasteiger charge is 2.13. The van der Waals surface area contributed by atoms with Gasteiger partial charge in [0.1, 0.15) is 5.60 Å². The normalized spacial score (nSPS) is 14.3. The summed E-state index contributed by atoms with van der Waals surface area (Å²) in [7, 11) is 0. The van der Waals surface area contributed by atoms with Gasteiger partial charge in [0, 0.05) is 0 Å². The van der Waals surface area contributed by atoms with E-state index in [4.69, 9.17) is 5.11 Å². The summed E-state index contributed by atoms with van der Waals surface area (Å²) >= 11 is 0. The standard InChI is InChI=1S/C9H14O2/c1-8(2)5-4-6-9(3,11)7-10/h5,10-11H,7H2,1-3H3. The summed E-state index contributed by atoms with van der Waals surface area (Å²) in [6.07, 6.45) is 1.70. The Morgan fingerprint density at radius 3 is 2.45 bits per heavy atom. The minimum Gasteiger partial charge on any atom is -0.392 e. The van der Waals surface area contributed by atoms with Gasteiger partial charge in [0.05, 0.1) is 6.61 Å². The molecule has 2 nitrogen and oxygen atoms in total.